The van der Waals surface area contributed by atoms with E-state index in [1.807, 2.05) is 6.92 Å². The standard InChI is InChI=1S/C14H24N2O5/c1-2-3-14(12(19)20)4-6-15(7-5-14)13(21)16-8-10(17)11(18)9-16/h10-11,17-18H,2-9H2,1H3,(H,19,20). The van der Waals surface area contributed by atoms with Gasteiger partial charge in [-0.2, -0.15) is 0 Å². The van der Waals surface area contributed by atoms with Crippen LogP contribution < -0.4 is 0 Å². The lowest BCUT2D eigenvalue weighted by atomic mass is 9.75. The lowest BCUT2D eigenvalue weighted by Crippen LogP contribution is -2.50. The number of piperidine rings is 1. The van der Waals surface area contributed by atoms with Crippen molar-refractivity contribution in [2.24, 2.45) is 5.41 Å². The molecule has 2 aliphatic heterocycles. The Balaban J connectivity index is 1.94. The van der Waals surface area contributed by atoms with Crippen LogP contribution in [-0.4, -0.2) is 75.5 Å². The van der Waals surface area contributed by atoms with Gasteiger partial charge in [0.2, 0.25) is 0 Å². The molecule has 2 unspecified atom stereocenters. The van der Waals surface area contributed by atoms with Crippen molar-refractivity contribution in [1.82, 2.24) is 9.80 Å². The van der Waals surface area contributed by atoms with Crippen molar-refractivity contribution in [3.8, 4) is 0 Å². The van der Waals surface area contributed by atoms with Crippen LogP contribution in [0.1, 0.15) is 32.6 Å². The SMILES string of the molecule is CCCC1(C(=O)O)CCN(C(=O)N2CC(O)C(O)C2)CC1. The first kappa shape index (κ1) is 16.0. The molecule has 0 aromatic heterocycles. The fourth-order valence-corrected chi connectivity index (χ4v) is 3.30. The number of carbonyl (C=O) groups is 2. The molecule has 2 atom stereocenters. The minimum Gasteiger partial charge on any atom is -0.481 e. The molecule has 0 aliphatic carbocycles. The first-order valence-electron chi connectivity index (χ1n) is 7.53. The molecule has 120 valence electrons. The van der Waals surface area contributed by atoms with Crippen molar-refractivity contribution >= 4 is 12.0 Å². The van der Waals surface area contributed by atoms with Crippen LogP contribution in [0, 0.1) is 5.41 Å². The smallest absolute Gasteiger partial charge is 0.320 e. The number of carbonyl (C=O) groups excluding carboxylic acids is 1. The summed E-state index contributed by atoms with van der Waals surface area (Å²) in [6, 6.07) is -0.221. The van der Waals surface area contributed by atoms with Gasteiger partial charge in [-0.1, -0.05) is 13.3 Å². The maximum absolute atomic E-state index is 12.3. The summed E-state index contributed by atoms with van der Waals surface area (Å²) in [5, 5.41) is 28.4. The van der Waals surface area contributed by atoms with Gasteiger partial charge in [0, 0.05) is 13.1 Å². The van der Waals surface area contributed by atoms with E-state index in [1.165, 1.54) is 4.90 Å². The van der Waals surface area contributed by atoms with Gasteiger partial charge in [0.25, 0.3) is 0 Å². The predicted octanol–water partition coefficient (Wildman–Crippen LogP) is 0.111. The fourth-order valence-electron chi connectivity index (χ4n) is 3.30. The first-order chi connectivity index (χ1) is 9.89. The Bertz CT molecular complexity index is 396. The summed E-state index contributed by atoms with van der Waals surface area (Å²) < 4.78 is 0. The summed E-state index contributed by atoms with van der Waals surface area (Å²) >= 11 is 0. The molecule has 2 aliphatic rings. The number of aliphatic carboxylic acids is 1. The predicted molar refractivity (Wildman–Crippen MR) is 74.8 cm³/mol. The Morgan fingerprint density at radius 3 is 2.05 bits per heavy atom. The van der Waals surface area contributed by atoms with E-state index in [9.17, 15) is 24.9 Å². The monoisotopic (exact) mass is 300 g/mol. The first-order valence-corrected chi connectivity index (χ1v) is 7.53. The maximum atomic E-state index is 12.3. The molecule has 0 spiro atoms. The van der Waals surface area contributed by atoms with Crippen LogP contribution in [0.5, 0.6) is 0 Å². The number of carboxylic acids is 1. The van der Waals surface area contributed by atoms with Crippen molar-refractivity contribution in [2.45, 2.75) is 44.8 Å². The second-order valence-corrected chi connectivity index (χ2v) is 6.14. The van der Waals surface area contributed by atoms with Gasteiger partial charge in [0.15, 0.2) is 0 Å². The number of aliphatic hydroxyl groups excluding tert-OH is 2. The lowest BCUT2D eigenvalue weighted by Gasteiger charge is -2.40. The molecule has 0 aromatic carbocycles. The summed E-state index contributed by atoms with van der Waals surface area (Å²) in [6.45, 7) is 3.06. The number of urea groups is 1. The van der Waals surface area contributed by atoms with Gasteiger partial charge in [-0.25, -0.2) is 4.79 Å². The van der Waals surface area contributed by atoms with E-state index in [2.05, 4.69) is 0 Å². The summed E-state index contributed by atoms with van der Waals surface area (Å²) in [7, 11) is 0. The molecular formula is C14H24N2O5. The lowest BCUT2D eigenvalue weighted by molar-refractivity contribution is -0.152. The van der Waals surface area contributed by atoms with Gasteiger partial charge >= 0.3 is 12.0 Å². The van der Waals surface area contributed by atoms with Crippen molar-refractivity contribution in [1.29, 1.82) is 0 Å². The minimum atomic E-state index is -0.892. The average Bonchev–Trinajstić information content (AvgIpc) is 2.79. The van der Waals surface area contributed by atoms with Crippen LogP contribution in [0.25, 0.3) is 0 Å². The van der Waals surface area contributed by atoms with Crippen LogP contribution in [-0.2, 0) is 4.79 Å². The van der Waals surface area contributed by atoms with Crippen LogP contribution >= 0.6 is 0 Å². The van der Waals surface area contributed by atoms with Gasteiger partial charge in [-0.3, -0.25) is 4.79 Å². The van der Waals surface area contributed by atoms with E-state index in [1.54, 1.807) is 4.90 Å². The van der Waals surface area contributed by atoms with Crippen LogP contribution in [0.4, 0.5) is 4.79 Å². The Morgan fingerprint density at radius 1 is 1.10 bits per heavy atom. The molecule has 2 saturated heterocycles. The number of likely N-dealkylation sites (tertiary alicyclic amines) is 2. The largest absolute Gasteiger partial charge is 0.481 e. The number of aliphatic hydroxyl groups is 2. The van der Waals surface area contributed by atoms with E-state index < -0.39 is 23.6 Å². The highest BCUT2D eigenvalue weighted by Gasteiger charge is 2.43. The summed E-state index contributed by atoms with van der Waals surface area (Å²) in [5.74, 6) is -0.775. The highest BCUT2D eigenvalue weighted by molar-refractivity contribution is 5.77. The molecule has 2 fully saturated rings. The third kappa shape index (κ3) is 3.13. The Morgan fingerprint density at radius 2 is 1.62 bits per heavy atom. The van der Waals surface area contributed by atoms with Crippen molar-refractivity contribution in [3.63, 3.8) is 0 Å². The normalized spacial score (nSPS) is 28.7. The van der Waals surface area contributed by atoms with E-state index in [0.717, 1.165) is 6.42 Å². The quantitative estimate of drug-likeness (QED) is 0.687. The van der Waals surface area contributed by atoms with Gasteiger partial charge in [-0.15, -0.1) is 0 Å². The van der Waals surface area contributed by atoms with E-state index in [-0.39, 0.29) is 19.1 Å². The molecule has 3 N–H and O–H groups in total. The topological polar surface area (TPSA) is 101 Å². The molecule has 2 amide bonds. The number of nitrogens with zero attached hydrogens (tertiary/aromatic N) is 2. The van der Waals surface area contributed by atoms with Gasteiger partial charge in [0.05, 0.1) is 30.7 Å². The molecule has 0 aromatic rings. The van der Waals surface area contributed by atoms with Crippen molar-refractivity contribution < 1.29 is 24.9 Å². The zero-order valence-electron chi connectivity index (χ0n) is 12.4. The zero-order valence-corrected chi connectivity index (χ0v) is 12.4. The molecule has 0 bridgehead atoms. The number of β-amino-alcohol motifs (C(OH)–C–C–N with tert-alkyl or cyclic N) is 2. The molecule has 7 nitrogen and oxygen atoms in total. The minimum absolute atomic E-state index is 0.134. The van der Waals surface area contributed by atoms with E-state index >= 15 is 0 Å². The second-order valence-electron chi connectivity index (χ2n) is 6.14. The number of rotatable bonds is 3. The van der Waals surface area contributed by atoms with Crippen molar-refractivity contribution in [3.05, 3.63) is 0 Å². The Hall–Kier alpha value is -1.34. The van der Waals surface area contributed by atoms with Crippen molar-refractivity contribution in [2.75, 3.05) is 26.2 Å². The maximum Gasteiger partial charge on any atom is 0.320 e. The summed E-state index contributed by atoms with van der Waals surface area (Å²) in [4.78, 5) is 26.9. The highest BCUT2D eigenvalue weighted by atomic mass is 16.4. The van der Waals surface area contributed by atoms with Gasteiger partial charge in [-0.05, 0) is 19.3 Å². The molecule has 2 rings (SSSR count). The number of carboxylic acid groups (broad SMARTS) is 1. The molecule has 0 radical (unpaired) electrons. The number of hydrogen-bond donors (Lipinski definition) is 3. The molecule has 7 heteroatoms. The van der Waals surface area contributed by atoms with E-state index in [4.69, 9.17) is 0 Å². The Kier molecular flexibility index (Phi) is 4.73. The summed E-state index contributed by atoms with van der Waals surface area (Å²) in [6.07, 6.45) is 0.576. The van der Waals surface area contributed by atoms with E-state index in [0.29, 0.717) is 32.4 Å². The third-order valence-electron chi connectivity index (χ3n) is 4.70. The van der Waals surface area contributed by atoms with Gasteiger partial charge < -0.3 is 25.1 Å². The summed E-state index contributed by atoms with van der Waals surface area (Å²) in [5.41, 5.74) is -0.713. The van der Waals surface area contributed by atoms with Crippen LogP contribution in [0.2, 0.25) is 0 Å². The number of hydrogen-bond acceptors (Lipinski definition) is 4. The van der Waals surface area contributed by atoms with Crippen LogP contribution in [0.3, 0.4) is 0 Å². The third-order valence-corrected chi connectivity index (χ3v) is 4.70. The molecule has 0 saturated carbocycles. The average molecular weight is 300 g/mol. The van der Waals surface area contributed by atoms with Gasteiger partial charge in [0.1, 0.15) is 0 Å². The fraction of sp³-hybridized carbons (Fsp3) is 0.857. The molecular weight excluding hydrogens is 276 g/mol. The molecule has 2 heterocycles. The number of amides is 2. The van der Waals surface area contributed by atoms with Crippen LogP contribution in [0.15, 0.2) is 0 Å². The Labute approximate surface area is 124 Å². The molecule has 21 heavy (non-hydrogen) atoms. The second kappa shape index (κ2) is 6.19. The zero-order chi connectivity index (χ0) is 15.6. The highest BCUT2D eigenvalue weighted by Crippen LogP contribution is 2.36.